The number of hydrogen-bond donors (Lipinski definition) is 1. The highest BCUT2D eigenvalue weighted by atomic mass is 15.2. The first-order chi connectivity index (χ1) is 8.28. The highest BCUT2D eigenvalue weighted by molar-refractivity contribution is 4.86. The molecule has 0 amide bonds. The second kappa shape index (κ2) is 8.10. The highest BCUT2D eigenvalue weighted by Gasteiger charge is 2.31. The predicted molar refractivity (Wildman–Crippen MR) is 76.2 cm³/mol. The van der Waals surface area contributed by atoms with Gasteiger partial charge in [-0.05, 0) is 31.6 Å². The standard InChI is InChI=1S/C15H32N2/c1-4-13-9-7-8-10-15(13)17(12-11-16)14(5-2)6-3/h13-15H,4-12,16H2,1-3H3. The molecule has 2 unspecified atom stereocenters. The van der Waals surface area contributed by atoms with Crippen molar-refractivity contribution < 1.29 is 0 Å². The summed E-state index contributed by atoms with van der Waals surface area (Å²) in [6.45, 7) is 8.90. The smallest absolute Gasteiger partial charge is 0.0127 e. The van der Waals surface area contributed by atoms with Crippen LogP contribution < -0.4 is 5.73 Å². The van der Waals surface area contributed by atoms with Gasteiger partial charge in [0.1, 0.15) is 0 Å². The molecule has 17 heavy (non-hydrogen) atoms. The van der Waals surface area contributed by atoms with Gasteiger partial charge in [0.15, 0.2) is 0 Å². The Morgan fingerprint density at radius 1 is 1.12 bits per heavy atom. The van der Waals surface area contributed by atoms with Crippen molar-refractivity contribution in [3.8, 4) is 0 Å². The van der Waals surface area contributed by atoms with E-state index in [-0.39, 0.29) is 0 Å². The van der Waals surface area contributed by atoms with Crippen LogP contribution in [0.15, 0.2) is 0 Å². The van der Waals surface area contributed by atoms with Gasteiger partial charge in [-0.3, -0.25) is 4.90 Å². The molecule has 0 heterocycles. The zero-order valence-corrected chi connectivity index (χ0v) is 12.1. The molecule has 1 aliphatic carbocycles. The van der Waals surface area contributed by atoms with E-state index in [2.05, 4.69) is 25.7 Å². The second-order valence-corrected chi connectivity index (χ2v) is 5.52. The third-order valence-corrected chi connectivity index (χ3v) is 4.62. The molecular weight excluding hydrogens is 208 g/mol. The summed E-state index contributed by atoms with van der Waals surface area (Å²) in [5, 5.41) is 0. The lowest BCUT2D eigenvalue weighted by atomic mass is 9.81. The minimum absolute atomic E-state index is 0.746. The molecule has 0 aromatic carbocycles. The van der Waals surface area contributed by atoms with E-state index in [0.717, 1.165) is 31.1 Å². The van der Waals surface area contributed by atoms with Crippen LogP contribution in [0.2, 0.25) is 0 Å². The third kappa shape index (κ3) is 3.96. The minimum Gasteiger partial charge on any atom is -0.329 e. The van der Waals surface area contributed by atoms with Crippen molar-refractivity contribution in [2.75, 3.05) is 13.1 Å². The van der Waals surface area contributed by atoms with Gasteiger partial charge in [-0.15, -0.1) is 0 Å². The number of nitrogens with zero attached hydrogens (tertiary/aromatic N) is 1. The SMILES string of the molecule is CCC1CCCCC1N(CCN)C(CC)CC. The van der Waals surface area contributed by atoms with Crippen molar-refractivity contribution in [1.29, 1.82) is 0 Å². The lowest BCUT2D eigenvalue weighted by Gasteiger charge is -2.43. The van der Waals surface area contributed by atoms with Crippen molar-refractivity contribution in [2.45, 2.75) is 77.8 Å². The first-order valence-corrected chi connectivity index (χ1v) is 7.74. The summed E-state index contributed by atoms with van der Waals surface area (Å²) in [5.41, 5.74) is 5.83. The van der Waals surface area contributed by atoms with Crippen LogP contribution in [0.1, 0.15) is 65.7 Å². The Balaban J connectivity index is 2.71. The summed E-state index contributed by atoms with van der Waals surface area (Å²) in [5.74, 6) is 0.913. The largest absolute Gasteiger partial charge is 0.329 e. The summed E-state index contributed by atoms with van der Waals surface area (Å²) < 4.78 is 0. The van der Waals surface area contributed by atoms with Crippen molar-refractivity contribution in [3.63, 3.8) is 0 Å². The second-order valence-electron chi connectivity index (χ2n) is 5.52. The zero-order valence-electron chi connectivity index (χ0n) is 12.1. The topological polar surface area (TPSA) is 29.3 Å². The van der Waals surface area contributed by atoms with Gasteiger partial charge in [-0.25, -0.2) is 0 Å². The molecule has 0 spiro atoms. The van der Waals surface area contributed by atoms with Crippen LogP contribution in [0.3, 0.4) is 0 Å². The Labute approximate surface area is 108 Å². The van der Waals surface area contributed by atoms with Crippen molar-refractivity contribution >= 4 is 0 Å². The molecule has 2 nitrogen and oxygen atoms in total. The van der Waals surface area contributed by atoms with E-state index in [4.69, 9.17) is 5.73 Å². The van der Waals surface area contributed by atoms with Gasteiger partial charge >= 0.3 is 0 Å². The maximum absolute atomic E-state index is 5.83. The average Bonchev–Trinajstić information content (AvgIpc) is 2.39. The Bertz CT molecular complexity index is 189. The molecule has 0 aliphatic heterocycles. The van der Waals surface area contributed by atoms with Crippen molar-refractivity contribution in [1.82, 2.24) is 4.90 Å². The molecule has 102 valence electrons. The fourth-order valence-corrected chi connectivity index (χ4v) is 3.63. The number of hydrogen-bond acceptors (Lipinski definition) is 2. The Morgan fingerprint density at radius 2 is 1.76 bits per heavy atom. The fraction of sp³-hybridized carbons (Fsp3) is 1.00. The van der Waals surface area contributed by atoms with Gasteiger partial charge in [0.25, 0.3) is 0 Å². The minimum atomic E-state index is 0.746. The molecular formula is C15H32N2. The lowest BCUT2D eigenvalue weighted by molar-refractivity contribution is 0.0596. The van der Waals surface area contributed by atoms with Gasteiger partial charge in [-0.2, -0.15) is 0 Å². The third-order valence-electron chi connectivity index (χ3n) is 4.62. The molecule has 2 atom stereocenters. The van der Waals surface area contributed by atoms with Gasteiger partial charge in [-0.1, -0.05) is 40.0 Å². The van der Waals surface area contributed by atoms with Crippen LogP contribution in [-0.4, -0.2) is 30.1 Å². The highest BCUT2D eigenvalue weighted by Crippen LogP contribution is 2.32. The van der Waals surface area contributed by atoms with Crippen LogP contribution in [0.4, 0.5) is 0 Å². The summed E-state index contributed by atoms with van der Waals surface area (Å²) in [6.07, 6.45) is 9.56. The van der Waals surface area contributed by atoms with Crippen LogP contribution in [0.25, 0.3) is 0 Å². The number of rotatable bonds is 7. The Hall–Kier alpha value is -0.0800. The fourth-order valence-electron chi connectivity index (χ4n) is 3.63. The molecule has 1 fully saturated rings. The Kier molecular flexibility index (Phi) is 7.14. The molecule has 1 aliphatic rings. The first kappa shape index (κ1) is 15.0. The van der Waals surface area contributed by atoms with Crippen LogP contribution in [0, 0.1) is 5.92 Å². The maximum atomic E-state index is 5.83. The molecule has 1 saturated carbocycles. The molecule has 2 heteroatoms. The van der Waals surface area contributed by atoms with Crippen LogP contribution >= 0.6 is 0 Å². The predicted octanol–water partition coefficient (Wildman–Crippen LogP) is 3.40. The molecule has 2 N–H and O–H groups in total. The lowest BCUT2D eigenvalue weighted by Crippen LogP contribution is -2.49. The van der Waals surface area contributed by atoms with E-state index < -0.39 is 0 Å². The van der Waals surface area contributed by atoms with Gasteiger partial charge < -0.3 is 5.73 Å². The van der Waals surface area contributed by atoms with Gasteiger partial charge in [0.05, 0.1) is 0 Å². The zero-order chi connectivity index (χ0) is 12.7. The Morgan fingerprint density at radius 3 is 2.29 bits per heavy atom. The quantitative estimate of drug-likeness (QED) is 0.739. The molecule has 0 saturated heterocycles. The van der Waals surface area contributed by atoms with Crippen LogP contribution in [0.5, 0.6) is 0 Å². The molecule has 1 rings (SSSR count). The summed E-state index contributed by atoms with van der Waals surface area (Å²) in [4.78, 5) is 2.74. The van der Waals surface area contributed by atoms with Crippen molar-refractivity contribution in [2.24, 2.45) is 11.7 Å². The monoisotopic (exact) mass is 240 g/mol. The molecule has 0 bridgehead atoms. The van der Waals surface area contributed by atoms with E-state index in [1.165, 1.54) is 44.9 Å². The van der Waals surface area contributed by atoms with E-state index in [0.29, 0.717) is 0 Å². The van der Waals surface area contributed by atoms with E-state index >= 15 is 0 Å². The molecule has 0 aromatic rings. The van der Waals surface area contributed by atoms with E-state index in [9.17, 15) is 0 Å². The van der Waals surface area contributed by atoms with Crippen LogP contribution in [-0.2, 0) is 0 Å². The van der Waals surface area contributed by atoms with Gasteiger partial charge in [0, 0.05) is 25.2 Å². The molecule has 0 aromatic heterocycles. The molecule has 0 radical (unpaired) electrons. The van der Waals surface area contributed by atoms with E-state index in [1.54, 1.807) is 0 Å². The normalized spacial score (nSPS) is 25.8. The average molecular weight is 240 g/mol. The first-order valence-electron chi connectivity index (χ1n) is 7.74. The van der Waals surface area contributed by atoms with Crippen molar-refractivity contribution in [3.05, 3.63) is 0 Å². The number of nitrogens with two attached hydrogens (primary N) is 1. The van der Waals surface area contributed by atoms with E-state index in [1.807, 2.05) is 0 Å². The summed E-state index contributed by atoms with van der Waals surface area (Å²) in [6, 6.07) is 1.55. The summed E-state index contributed by atoms with van der Waals surface area (Å²) >= 11 is 0. The van der Waals surface area contributed by atoms with Gasteiger partial charge in [0.2, 0.25) is 0 Å². The summed E-state index contributed by atoms with van der Waals surface area (Å²) in [7, 11) is 0. The maximum Gasteiger partial charge on any atom is 0.0127 e.